The van der Waals surface area contributed by atoms with Crippen molar-refractivity contribution in [1.82, 2.24) is 18.8 Å². The van der Waals surface area contributed by atoms with Gasteiger partial charge in [0.2, 0.25) is 23.0 Å². The Morgan fingerprint density at radius 2 is 1.57 bits per heavy atom. The molecule has 5 rings (SSSR count). The van der Waals surface area contributed by atoms with Gasteiger partial charge in [-0.05, 0) is 73.9 Å². The van der Waals surface area contributed by atoms with Crippen molar-refractivity contribution < 1.29 is 32.2 Å². The monoisotopic (exact) mass is 671 g/mol. The molecular weight excluding hydrogens is 626 g/mol. The van der Waals surface area contributed by atoms with Crippen LogP contribution < -0.4 is 30.3 Å². The number of nitrogens with one attached hydrogen (secondary N) is 2. The molecule has 0 aromatic heterocycles. The molecule has 3 aliphatic rings. The van der Waals surface area contributed by atoms with Crippen molar-refractivity contribution in [2.45, 2.75) is 58.0 Å². The molecule has 2 saturated heterocycles. The molecular formula is C33H45N5O8S. The van der Waals surface area contributed by atoms with Gasteiger partial charge in [-0.3, -0.25) is 14.4 Å². The summed E-state index contributed by atoms with van der Waals surface area (Å²) in [6.07, 6.45) is 3.34. The smallest absolute Gasteiger partial charge is 0.282 e. The average Bonchev–Trinajstić information content (AvgIpc) is 3.36. The number of rotatable bonds is 9. The number of amides is 2. The molecule has 2 fully saturated rings. The lowest BCUT2D eigenvalue weighted by atomic mass is 9.95. The number of nitrogens with zero attached hydrogens (tertiary/aromatic N) is 3. The number of aryl methyl sites for hydroxylation is 1. The number of hydrogen-bond donors (Lipinski definition) is 2. The number of benzene rings is 1. The molecule has 2 aliphatic heterocycles. The maximum Gasteiger partial charge on any atom is 0.282 e. The summed E-state index contributed by atoms with van der Waals surface area (Å²) in [7, 11) is 1.07. The molecule has 2 amide bonds. The van der Waals surface area contributed by atoms with E-state index in [-0.39, 0.29) is 36.0 Å². The van der Waals surface area contributed by atoms with E-state index in [1.165, 1.54) is 28.7 Å². The highest BCUT2D eigenvalue weighted by molar-refractivity contribution is 7.86. The molecule has 2 aromatic rings. The second kappa shape index (κ2) is 14.5. The quantitative estimate of drug-likeness (QED) is 0.411. The lowest BCUT2D eigenvalue weighted by Gasteiger charge is -2.27. The van der Waals surface area contributed by atoms with Crippen LogP contribution in [0.1, 0.15) is 56.7 Å². The van der Waals surface area contributed by atoms with Gasteiger partial charge in [0, 0.05) is 51.8 Å². The highest BCUT2D eigenvalue weighted by Crippen LogP contribution is 2.50. The molecule has 14 heteroatoms. The Hall–Kier alpha value is -3.88. The number of carbonyl (C=O) groups is 2. The maximum atomic E-state index is 13.7. The minimum Gasteiger partial charge on any atom is -0.493 e. The summed E-state index contributed by atoms with van der Waals surface area (Å²) in [4.78, 5) is 41.3. The third-order valence-electron chi connectivity index (χ3n) is 9.14. The van der Waals surface area contributed by atoms with Gasteiger partial charge in [0.15, 0.2) is 11.5 Å². The summed E-state index contributed by atoms with van der Waals surface area (Å²) < 4.78 is 46.3. The molecule has 2 aromatic carbocycles. The molecule has 2 atom stereocenters. The van der Waals surface area contributed by atoms with Crippen LogP contribution in [0.15, 0.2) is 29.1 Å². The average molecular weight is 672 g/mol. The van der Waals surface area contributed by atoms with Gasteiger partial charge < -0.3 is 29.7 Å². The predicted octanol–water partition coefficient (Wildman–Crippen LogP) is 2.54. The van der Waals surface area contributed by atoms with Crippen molar-refractivity contribution >= 4 is 27.7 Å². The van der Waals surface area contributed by atoms with Gasteiger partial charge in [-0.25, -0.2) is 0 Å². The van der Waals surface area contributed by atoms with E-state index in [2.05, 4.69) is 10.6 Å². The molecule has 256 valence electrons. The van der Waals surface area contributed by atoms with Crippen LogP contribution in [-0.4, -0.2) is 100 Å². The molecule has 13 nitrogen and oxygen atoms in total. The molecule has 0 saturated carbocycles. The van der Waals surface area contributed by atoms with Gasteiger partial charge in [0.1, 0.15) is 6.04 Å². The second-order valence-corrected chi connectivity index (χ2v) is 14.1. The minimum absolute atomic E-state index is 0.217. The highest BCUT2D eigenvalue weighted by atomic mass is 32.2. The van der Waals surface area contributed by atoms with E-state index >= 15 is 0 Å². The standard InChI is InChI=1S/C33H45N5O8S/c1-21(33(41)36-13-8-16-38(18-17-36)47(42,43)37-14-6-7-15-37)34-27-12-10-24-25(20-28(27)40)26(35-22(2)39)11-9-23-19-29(44-3)31(45-4)32(46-5)30(23)24/h10,12,19-21,26H,6-9,11,13-18H2,1-5H3,(H,34,40)(H,35,39)/t21-,26-/m1/s1. The second-order valence-electron chi connectivity index (χ2n) is 12.2. The largest absolute Gasteiger partial charge is 0.493 e. The van der Waals surface area contributed by atoms with Crippen molar-refractivity contribution in [2.24, 2.45) is 0 Å². The Balaban J connectivity index is 1.44. The van der Waals surface area contributed by atoms with Gasteiger partial charge in [0.05, 0.1) is 33.1 Å². The van der Waals surface area contributed by atoms with E-state index in [1.54, 1.807) is 38.2 Å². The minimum atomic E-state index is -3.55. The fourth-order valence-electron chi connectivity index (χ4n) is 6.82. The maximum absolute atomic E-state index is 13.7. The number of methoxy groups -OCH3 is 3. The van der Waals surface area contributed by atoms with Crippen LogP contribution in [0.3, 0.4) is 0 Å². The summed E-state index contributed by atoms with van der Waals surface area (Å²) in [5.41, 5.74) is 2.82. The van der Waals surface area contributed by atoms with E-state index < -0.39 is 22.3 Å². The summed E-state index contributed by atoms with van der Waals surface area (Å²) >= 11 is 0. The number of fused-ring (bicyclic) bond motifs is 3. The van der Waals surface area contributed by atoms with E-state index in [4.69, 9.17) is 14.2 Å². The zero-order valence-electron chi connectivity index (χ0n) is 27.8. The van der Waals surface area contributed by atoms with Crippen LogP contribution in [-0.2, 0) is 26.2 Å². The van der Waals surface area contributed by atoms with Gasteiger partial charge in [-0.1, -0.05) is 6.07 Å². The van der Waals surface area contributed by atoms with Crippen LogP contribution in [0.25, 0.3) is 11.1 Å². The Kier molecular flexibility index (Phi) is 10.6. The topological polar surface area (TPSA) is 147 Å². The SMILES string of the molecule is COc1cc2c(c(OC)c1OC)-c1ccc(N[C@H](C)C(=O)N3CCCN(S(=O)(=O)N4CCCC4)CC3)c(=O)cc1[C@H](NC(C)=O)CC2. The van der Waals surface area contributed by atoms with Crippen molar-refractivity contribution in [1.29, 1.82) is 0 Å². The molecule has 2 heterocycles. The summed E-state index contributed by atoms with van der Waals surface area (Å²) in [6.45, 7) is 5.45. The zero-order valence-corrected chi connectivity index (χ0v) is 28.6. The highest BCUT2D eigenvalue weighted by Gasteiger charge is 2.34. The van der Waals surface area contributed by atoms with Crippen LogP contribution in [0.5, 0.6) is 17.2 Å². The van der Waals surface area contributed by atoms with Crippen LogP contribution in [0, 0.1) is 0 Å². The molecule has 0 unspecified atom stereocenters. The first-order chi connectivity index (χ1) is 22.5. The summed E-state index contributed by atoms with van der Waals surface area (Å²) in [6, 6.07) is 5.63. The van der Waals surface area contributed by atoms with Crippen LogP contribution in [0.4, 0.5) is 5.69 Å². The fourth-order valence-corrected chi connectivity index (χ4v) is 8.54. The van der Waals surface area contributed by atoms with E-state index in [0.29, 0.717) is 73.8 Å². The van der Waals surface area contributed by atoms with Gasteiger partial charge in [0.25, 0.3) is 10.2 Å². The van der Waals surface area contributed by atoms with Gasteiger partial charge in [-0.2, -0.15) is 17.0 Å². The number of anilines is 1. The van der Waals surface area contributed by atoms with E-state index in [1.807, 2.05) is 6.07 Å². The first kappa shape index (κ1) is 34.5. The molecule has 0 spiro atoms. The lowest BCUT2D eigenvalue weighted by Crippen LogP contribution is -2.46. The van der Waals surface area contributed by atoms with Crippen LogP contribution in [0.2, 0.25) is 0 Å². The Morgan fingerprint density at radius 3 is 2.23 bits per heavy atom. The Bertz CT molecular complexity index is 1680. The molecule has 1 aliphatic carbocycles. The Morgan fingerprint density at radius 1 is 0.894 bits per heavy atom. The van der Waals surface area contributed by atoms with Crippen molar-refractivity contribution in [2.75, 3.05) is 65.9 Å². The molecule has 2 N–H and O–H groups in total. The number of hydrogen-bond acceptors (Lipinski definition) is 9. The van der Waals surface area contributed by atoms with Gasteiger partial charge >= 0.3 is 0 Å². The predicted molar refractivity (Wildman–Crippen MR) is 178 cm³/mol. The summed E-state index contributed by atoms with van der Waals surface area (Å²) in [5, 5.41) is 6.11. The number of carbonyl (C=O) groups excluding carboxylic acids is 2. The first-order valence-corrected chi connectivity index (χ1v) is 17.5. The molecule has 0 bridgehead atoms. The summed E-state index contributed by atoms with van der Waals surface area (Å²) in [5.74, 6) is 0.915. The van der Waals surface area contributed by atoms with E-state index in [0.717, 1.165) is 24.0 Å². The molecule has 47 heavy (non-hydrogen) atoms. The van der Waals surface area contributed by atoms with E-state index in [9.17, 15) is 22.8 Å². The first-order valence-electron chi connectivity index (χ1n) is 16.1. The fraction of sp³-hybridized carbons (Fsp3) is 0.545. The van der Waals surface area contributed by atoms with Crippen molar-refractivity contribution in [3.63, 3.8) is 0 Å². The zero-order chi connectivity index (χ0) is 33.9. The van der Waals surface area contributed by atoms with Gasteiger partial charge in [-0.15, -0.1) is 0 Å². The lowest BCUT2D eigenvalue weighted by molar-refractivity contribution is -0.131. The van der Waals surface area contributed by atoms with Crippen molar-refractivity contribution in [3.8, 4) is 28.4 Å². The van der Waals surface area contributed by atoms with Crippen molar-refractivity contribution in [3.05, 3.63) is 45.6 Å². The van der Waals surface area contributed by atoms with Crippen LogP contribution >= 0.6 is 0 Å². The third-order valence-corrected chi connectivity index (χ3v) is 11.2. The molecule has 0 radical (unpaired) electrons. The normalized spacial score (nSPS) is 19.4. The number of ether oxygens (including phenoxy) is 3. The third kappa shape index (κ3) is 7.04. The Labute approximate surface area is 276 Å².